The summed E-state index contributed by atoms with van der Waals surface area (Å²) in [7, 11) is 1.71. The molecule has 0 heterocycles. The summed E-state index contributed by atoms with van der Waals surface area (Å²) in [6.07, 6.45) is 0. The third kappa shape index (κ3) is 3.13. The molecule has 98 valence electrons. The lowest BCUT2D eigenvalue weighted by atomic mass is 10.1. The van der Waals surface area contributed by atoms with Gasteiger partial charge in [-0.05, 0) is 42.0 Å². The number of carbonyl (C=O) groups excluding carboxylic acids is 1. The fourth-order valence-corrected chi connectivity index (χ4v) is 1.85. The number of amides is 1. The lowest BCUT2D eigenvalue weighted by molar-refractivity contribution is 0.0993. The molecule has 0 fully saturated rings. The Balaban J connectivity index is 2.20. The zero-order valence-electron chi connectivity index (χ0n) is 10.5. The van der Waals surface area contributed by atoms with Gasteiger partial charge in [0.2, 0.25) is 0 Å². The number of carbonyl (C=O) groups is 1. The van der Waals surface area contributed by atoms with Gasteiger partial charge in [0.15, 0.2) is 0 Å². The molecule has 0 aliphatic carbocycles. The molecule has 19 heavy (non-hydrogen) atoms. The molecule has 0 saturated heterocycles. The topological polar surface area (TPSA) is 40.5 Å². The Morgan fingerprint density at radius 2 is 1.68 bits per heavy atom. The van der Waals surface area contributed by atoms with Crippen molar-refractivity contribution in [1.82, 2.24) is 0 Å². The molecule has 0 spiro atoms. The van der Waals surface area contributed by atoms with E-state index in [1.54, 1.807) is 60.5 Å². The molecule has 0 aliphatic rings. The van der Waals surface area contributed by atoms with Crippen LogP contribution in [0.2, 0.25) is 5.02 Å². The van der Waals surface area contributed by atoms with Crippen molar-refractivity contribution in [2.45, 2.75) is 6.61 Å². The van der Waals surface area contributed by atoms with Crippen LogP contribution in [0.25, 0.3) is 0 Å². The van der Waals surface area contributed by atoms with Crippen molar-refractivity contribution in [3.8, 4) is 0 Å². The van der Waals surface area contributed by atoms with Crippen molar-refractivity contribution >= 4 is 23.2 Å². The van der Waals surface area contributed by atoms with Crippen LogP contribution in [0.5, 0.6) is 0 Å². The van der Waals surface area contributed by atoms with Gasteiger partial charge in [-0.15, -0.1) is 0 Å². The van der Waals surface area contributed by atoms with E-state index < -0.39 is 0 Å². The van der Waals surface area contributed by atoms with E-state index in [2.05, 4.69) is 0 Å². The van der Waals surface area contributed by atoms with Gasteiger partial charge in [0.25, 0.3) is 5.91 Å². The molecule has 4 heteroatoms. The highest BCUT2D eigenvalue weighted by Gasteiger charge is 2.13. The molecule has 1 N–H and O–H groups in total. The van der Waals surface area contributed by atoms with Crippen LogP contribution in [0.15, 0.2) is 48.5 Å². The van der Waals surface area contributed by atoms with Gasteiger partial charge >= 0.3 is 0 Å². The molecule has 1 amide bonds. The van der Waals surface area contributed by atoms with Crippen LogP contribution in [0.3, 0.4) is 0 Å². The van der Waals surface area contributed by atoms with Gasteiger partial charge < -0.3 is 10.0 Å². The predicted octanol–water partition coefficient (Wildman–Crippen LogP) is 3.11. The third-order valence-electron chi connectivity index (χ3n) is 2.90. The zero-order valence-corrected chi connectivity index (χ0v) is 11.3. The Morgan fingerprint density at radius 1 is 1.11 bits per heavy atom. The number of benzene rings is 2. The minimum atomic E-state index is -0.105. The summed E-state index contributed by atoms with van der Waals surface area (Å²) < 4.78 is 0. The summed E-state index contributed by atoms with van der Waals surface area (Å²) in [5, 5.41) is 9.61. The summed E-state index contributed by atoms with van der Waals surface area (Å²) >= 11 is 5.82. The maximum Gasteiger partial charge on any atom is 0.258 e. The fourth-order valence-electron chi connectivity index (χ4n) is 1.73. The van der Waals surface area contributed by atoms with Crippen LogP contribution < -0.4 is 4.90 Å². The number of halogens is 1. The third-order valence-corrected chi connectivity index (χ3v) is 3.15. The Bertz CT molecular complexity index is 564. The lowest BCUT2D eigenvalue weighted by Crippen LogP contribution is -2.26. The smallest absolute Gasteiger partial charge is 0.258 e. The molecule has 0 saturated carbocycles. The lowest BCUT2D eigenvalue weighted by Gasteiger charge is -2.17. The number of aliphatic hydroxyl groups excluding tert-OH is 1. The van der Waals surface area contributed by atoms with Gasteiger partial charge in [-0.3, -0.25) is 4.79 Å². The average Bonchev–Trinajstić information content (AvgIpc) is 2.46. The summed E-state index contributed by atoms with van der Waals surface area (Å²) in [6.45, 7) is -0.0263. The average molecular weight is 276 g/mol. The van der Waals surface area contributed by atoms with E-state index in [0.717, 1.165) is 11.3 Å². The van der Waals surface area contributed by atoms with Gasteiger partial charge in [0, 0.05) is 23.3 Å². The van der Waals surface area contributed by atoms with E-state index in [4.69, 9.17) is 16.7 Å². The summed E-state index contributed by atoms with van der Waals surface area (Å²) in [6, 6.07) is 14.0. The molecule has 0 atom stereocenters. The number of hydrogen-bond donors (Lipinski definition) is 1. The minimum Gasteiger partial charge on any atom is -0.392 e. The molecule has 2 rings (SSSR count). The SMILES string of the molecule is CN(C(=O)c1ccc(CO)cc1)c1ccc(Cl)cc1. The van der Waals surface area contributed by atoms with Crippen molar-refractivity contribution in [1.29, 1.82) is 0 Å². The summed E-state index contributed by atoms with van der Waals surface area (Å²) in [4.78, 5) is 13.8. The maximum absolute atomic E-state index is 12.3. The molecular weight excluding hydrogens is 262 g/mol. The fraction of sp³-hybridized carbons (Fsp3) is 0.133. The molecule has 0 aromatic heterocycles. The molecule has 2 aromatic rings. The highest BCUT2D eigenvalue weighted by molar-refractivity contribution is 6.30. The Kier molecular flexibility index (Phi) is 4.20. The molecule has 3 nitrogen and oxygen atoms in total. The second kappa shape index (κ2) is 5.87. The van der Waals surface area contributed by atoms with E-state index in [-0.39, 0.29) is 12.5 Å². The molecule has 0 unspecified atom stereocenters. The Hall–Kier alpha value is -1.84. The van der Waals surface area contributed by atoms with Crippen molar-refractivity contribution in [2.24, 2.45) is 0 Å². The number of nitrogens with zero attached hydrogens (tertiary/aromatic N) is 1. The first-order chi connectivity index (χ1) is 9.11. The molecule has 0 radical (unpaired) electrons. The maximum atomic E-state index is 12.3. The quantitative estimate of drug-likeness (QED) is 0.935. The monoisotopic (exact) mass is 275 g/mol. The standard InChI is InChI=1S/C15H14ClNO2/c1-17(14-8-6-13(16)7-9-14)15(19)12-4-2-11(10-18)3-5-12/h2-9,18H,10H2,1H3. The molecular formula is C15H14ClNO2. The van der Waals surface area contributed by atoms with Crippen molar-refractivity contribution in [3.05, 3.63) is 64.7 Å². The van der Waals surface area contributed by atoms with Gasteiger partial charge in [0.1, 0.15) is 0 Å². The van der Waals surface area contributed by atoms with Crippen LogP contribution >= 0.6 is 11.6 Å². The zero-order chi connectivity index (χ0) is 13.8. The first kappa shape index (κ1) is 13.6. The number of hydrogen-bond acceptors (Lipinski definition) is 2. The minimum absolute atomic E-state index is 0.0263. The second-order valence-corrected chi connectivity index (χ2v) is 4.63. The van der Waals surface area contributed by atoms with E-state index in [1.165, 1.54) is 0 Å². The normalized spacial score (nSPS) is 10.3. The van der Waals surface area contributed by atoms with Crippen molar-refractivity contribution in [3.63, 3.8) is 0 Å². The van der Waals surface area contributed by atoms with E-state index in [1.807, 2.05) is 0 Å². The number of aliphatic hydroxyl groups is 1. The van der Waals surface area contributed by atoms with Crippen LogP contribution in [0.1, 0.15) is 15.9 Å². The van der Waals surface area contributed by atoms with Crippen LogP contribution in [-0.2, 0) is 6.61 Å². The second-order valence-electron chi connectivity index (χ2n) is 4.20. The number of anilines is 1. The predicted molar refractivity (Wildman–Crippen MR) is 76.6 cm³/mol. The highest BCUT2D eigenvalue weighted by Crippen LogP contribution is 2.19. The first-order valence-corrected chi connectivity index (χ1v) is 6.23. The highest BCUT2D eigenvalue weighted by atomic mass is 35.5. The molecule has 0 aliphatic heterocycles. The Morgan fingerprint density at radius 3 is 2.21 bits per heavy atom. The van der Waals surface area contributed by atoms with Gasteiger partial charge in [-0.25, -0.2) is 0 Å². The van der Waals surface area contributed by atoms with E-state index in [0.29, 0.717) is 10.6 Å². The summed E-state index contributed by atoms with van der Waals surface area (Å²) in [5.41, 5.74) is 2.14. The Labute approximate surface area is 117 Å². The summed E-state index contributed by atoms with van der Waals surface area (Å²) in [5.74, 6) is -0.105. The van der Waals surface area contributed by atoms with Crippen molar-refractivity contribution < 1.29 is 9.90 Å². The van der Waals surface area contributed by atoms with E-state index in [9.17, 15) is 4.79 Å². The first-order valence-electron chi connectivity index (χ1n) is 5.85. The number of rotatable bonds is 3. The largest absolute Gasteiger partial charge is 0.392 e. The van der Waals surface area contributed by atoms with Crippen LogP contribution in [-0.4, -0.2) is 18.1 Å². The molecule has 2 aromatic carbocycles. The van der Waals surface area contributed by atoms with Crippen LogP contribution in [0.4, 0.5) is 5.69 Å². The van der Waals surface area contributed by atoms with Gasteiger partial charge in [-0.1, -0.05) is 23.7 Å². The van der Waals surface area contributed by atoms with Gasteiger partial charge in [0.05, 0.1) is 6.61 Å². The van der Waals surface area contributed by atoms with Gasteiger partial charge in [-0.2, -0.15) is 0 Å². The van der Waals surface area contributed by atoms with E-state index >= 15 is 0 Å². The van der Waals surface area contributed by atoms with Crippen LogP contribution in [0, 0.1) is 0 Å². The van der Waals surface area contributed by atoms with Crippen molar-refractivity contribution in [2.75, 3.05) is 11.9 Å². The molecule has 0 bridgehead atoms.